The van der Waals surface area contributed by atoms with Gasteiger partial charge in [-0.25, -0.2) is 8.42 Å². The molecule has 2 fully saturated rings. The van der Waals surface area contributed by atoms with Gasteiger partial charge < -0.3 is 5.32 Å². The number of hydrogen-bond acceptors (Lipinski definition) is 3. The van der Waals surface area contributed by atoms with Crippen molar-refractivity contribution in [3.05, 3.63) is 0 Å². The maximum absolute atomic E-state index is 12.0. The lowest BCUT2D eigenvalue weighted by atomic mass is 9.72. The van der Waals surface area contributed by atoms with Gasteiger partial charge in [0.1, 0.15) is 0 Å². The van der Waals surface area contributed by atoms with Crippen LogP contribution in [0.3, 0.4) is 0 Å². The van der Waals surface area contributed by atoms with Gasteiger partial charge in [-0.3, -0.25) is 0 Å². The van der Waals surface area contributed by atoms with Crippen LogP contribution in [-0.2, 0) is 9.84 Å². The lowest BCUT2D eigenvalue weighted by Crippen LogP contribution is -2.39. The molecular weight excluding hydrogens is 258 g/mol. The van der Waals surface area contributed by atoms with Crippen molar-refractivity contribution in [1.82, 2.24) is 5.32 Å². The first-order valence-electron chi connectivity index (χ1n) is 7.89. The number of nitrogens with one attached hydrogen (secondary N) is 1. The van der Waals surface area contributed by atoms with Gasteiger partial charge in [0, 0.05) is 12.6 Å². The van der Waals surface area contributed by atoms with Crippen molar-refractivity contribution in [2.45, 2.75) is 76.5 Å². The Morgan fingerprint density at radius 1 is 1.16 bits per heavy atom. The lowest BCUT2D eigenvalue weighted by Gasteiger charge is -2.38. The molecule has 2 rings (SSSR count). The number of hydrogen-bond donors (Lipinski definition) is 1. The van der Waals surface area contributed by atoms with Crippen molar-refractivity contribution in [1.29, 1.82) is 0 Å². The topological polar surface area (TPSA) is 46.2 Å². The average molecular weight is 287 g/mol. The molecule has 2 aliphatic carbocycles. The molecule has 0 heterocycles. The minimum atomic E-state index is -2.89. The molecule has 1 N–H and O–H groups in total. The van der Waals surface area contributed by atoms with Gasteiger partial charge >= 0.3 is 0 Å². The molecule has 0 aromatic carbocycles. The lowest BCUT2D eigenvalue weighted by molar-refractivity contribution is 0.175. The van der Waals surface area contributed by atoms with Crippen LogP contribution >= 0.6 is 0 Å². The summed E-state index contributed by atoms with van der Waals surface area (Å²) >= 11 is 0. The van der Waals surface area contributed by atoms with E-state index in [1.807, 2.05) is 0 Å². The predicted octanol–water partition coefficient (Wildman–Crippen LogP) is 2.90. The van der Waals surface area contributed by atoms with E-state index in [-0.39, 0.29) is 10.7 Å². The summed E-state index contributed by atoms with van der Waals surface area (Å²) in [7, 11) is -2.89. The Labute approximate surface area is 118 Å². The van der Waals surface area contributed by atoms with E-state index in [1.165, 1.54) is 44.9 Å². The van der Waals surface area contributed by atoms with Gasteiger partial charge in [0.05, 0.1) is 11.0 Å². The molecule has 0 atom stereocenters. The Bertz CT molecular complexity index is 379. The predicted molar refractivity (Wildman–Crippen MR) is 80.1 cm³/mol. The van der Waals surface area contributed by atoms with E-state index in [2.05, 4.69) is 5.32 Å². The van der Waals surface area contributed by atoms with Gasteiger partial charge in [0.15, 0.2) is 9.84 Å². The van der Waals surface area contributed by atoms with Crippen LogP contribution in [-0.4, -0.2) is 32.0 Å². The fourth-order valence-electron chi connectivity index (χ4n) is 3.06. The number of rotatable bonds is 7. The van der Waals surface area contributed by atoms with Crippen molar-refractivity contribution < 1.29 is 8.42 Å². The molecule has 4 heteroatoms. The molecule has 0 unspecified atom stereocenters. The highest BCUT2D eigenvalue weighted by Crippen LogP contribution is 2.40. The molecule has 2 aliphatic rings. The third-order valence-electron chi connectivity index (χ3n) is 4.89. The molecule has 0 radical (unpaired) electrons. The van der Waals surface area contributed by atoms with Crippen molar-refractivity contribution >= 4 is 9.84 Å². The van der Waals surface area contributed by atoms with Crippen molar-refractivity contribution in [3.8, 4) is 0 Å². The number of sulfone groups is 1. The molecule has 19 heavy (non-hydrogen) atoms. The second-order valence-corrected chi connectivity index (χ2v) is 9.56. The van der Waals surface area contributed by atoms with Gasteiger partial charge in [0.2, 0.25) is 0 Å². The van der Waals surface area contributed by atoms with E-state index in [1.54, 1.807) is 13.8 Å². The Hall–Kier alpha value is -0.0900. The van der Waals surface area contributed by atoms with Gasteiger partial charge in [-0.05, 0) is 51.4 Å². The van der Waals surface area contributed by atoms with E-state index in [0.717, 1.165) is 19.0 Å². The van der Waals surface area contributed by atoms with Crippen LogP contribution < -0.4 is 5.32 Å². The highest BCUT2D eigenvalue weighted by Gasteiger charge is 2.35. The van der Waals surface area contributed by atoms with E-state index in [9.17, 15) is 8.42 Å². The summed E-state index contributed by atoms with van der Waals surface area (Å²) in [5, 5.41) is 3.41. The molecule has 0 aromatic rings. The Balaban J connectivity index is 1.92. The van der Waals surface area contributed by atoms with Gasteiger partial charge in [-0.15, -0.1) is 0 Å². The highest BCUT2D eigenvalue weighted by atomic mass is 32.2. The first-order chi connectivity index (χ1) is 8.94. The molecule has 0 bridgehead atoms. The zero-order valence-electron chi connectivity index (χ0n) is 12.5. The molecule has 0 saturated heterocycles. The summed E-state index contributed by atoms with van der Waals surface area (Å²) in [4.78, 5) is 0. The SMILES string of the molecule is CC(C)S(=O)(=O)CCC1(CNC2CC2)CCCCC1. The maximum atomic E-state index is 12.0. The summed E-state index contributed by atoms with van der Waals surface area (Å²) < 4.78 is 24.1. The first kappa shape index (κ1) is 15.3. The molecule has 0 aromatic heterocycles. The van der Waals surface area contributed by atoms with E-state index >= 15 is 0 Å². The summed E-state index contributed by atoms with van der Waals surface area (Å²) in [6.07, 6.45) is 9.75. The molecule has 112 valence electrons. The third-order valence-corrected chi connectivity index (χ3v) is 7.10. The van der Waals surface area contributed by atoms with E-state index in [0.29, 0.717) is 5.75 Å². The standard InChI is InChI=1S/C15H29NO2S/c1-13(2)19(17,18)11-10-15(8-4-3-5-9-15)12-16-14-6-7-14/h13-14,16H,3-12H2,1-2H3. The first-order valence-corrected chi connectivity index (χ1v) is 9.60. The molecule has 3 nitrogen and oxygen atoms in total. The Kier molecular flexibility index (Phi) is 4.93. The molecule has 0 aliphatic heterocycles. The monoisotopic (exact) mass is 287 g/mol. The fraction of sp³-hybridized carbons (Fsp3) is 1.00. The molecular formula is C15H29NO2S. The summed E-state index contributed by atoms with van der Waals surface area (Å²) in [6, 6.07) is 0.723. The van der Waals surface area contributed by atoms with Crippen LogP contribution in [0.25, 0.3) is 0 Å². The molecule has 0 spiro atoms. The normalized spacial score (nSPS) is 23.7. The maximum Gasteiger partial charge on any atom is 0.152 e. The highest BCUT2D eigenvalue weighted by molar-refractivity contribution is 7.91. The van der Waals surface area contributed by atoms with Crippen LogP contribution in [0.4, 0.5) is 0 Å². The van der Waals surface area contributed by atoms with Gasteiger partial charge in [-0.1, -0.05) is 19.3 Å². The zero-order valence-corrected chi connectivity index (χ0v) is 13.3. The smallest absolute Gasteiger partial charge is 0.152 e. The van der Waals surface area contributed by atoms with Crippen molar-refractivity contribution in [2.24, 2.45) is 5.41 Å². The third kappa shape index (κ3) is 4.45. The second-order valence-electron chi connectivity index (χ2n) is 6.88. The van der Waals surface area contributed by atoms with Crippen LogP contribution in [0.15, 0.2) is 0 Å². The quantitative estimate of drug-likeness (QED) is 0.783. The van der Waals surface area contributed by atoms with Crippen LogP contribution in [0.5, 0.6) is 0 Å². The van der Waals surface area contributed by atoms with Crippen molar-refractivity contribution in [2.75, 3.05) is 12.3 Å². The molecule has 2 saturated carbocycles. The summed E-state index contributed by atoms with van der Waals surface area (Å²) in [5.41, 5.74) is 0.253. The zero-order chi connectivity index (χ0) is 13.9. The summed E-state index contributed by atoms with van der Waals surface area (Å²) in [5.74, 6) is 0.372. The van der Waals surface area contributed by atoms with Crippen LogP contribution in [0.2, 0.25) is 0 Å². The Morgan fingerprint density at radius 2 is 1.79 bits per heavy atom. The van der Waals surface area contributed by atoms with E-state index in [4.69, 9.17) is 0 Å². The van der Waals surface area contributed by atoms with E-state index < -0.39 is 9.84 Å². The van der Waals surface area contributed by atoms with Crippen LogP contribution in [0.1, 0.15) is 65.2 Å². The van der Waals surface area contributed by atoms with Crippen LogP contribution in [0, 0.1) is 5.41 Å². The van der Waals surface area contributed by atoms with Crippen molar-refractivity contribution in [3.63, 3.8) is 0 Å². The summed E-state index contributed by atoms with van der Waals surface area (Å²) in [6.45, 7) is 4.63. The minimum absolute atomic E-state index is 0.232. The Morgan fingerprint density at radius 3 is 2.32 bits per heavy atom. The van der Waals surface area contributed by atoms with Gasteiger partial charge in [-0.2, -0.15) is 0 Å². The van der Waals surface area contributed by atoms with Gasteiger partial charge in [0.25, 0.3) is 0 Å². The second kappa shape index (κ2) is 6.13. The largest absolute Gasteiger partial charge is 0.313 e. The average Bonchev–Trinajstić information content (AvgIpc) is 3.19. The molecule has 0 amide bonds. The fourth-order valence-corrected chi connectivity index (χ4v) is 4.25. The minimum Gasteiger partial charge on any atom is -0.313 e.